The molecule has 6 heteroatoms. The Morgan fingerprint density at radius 2 is 2.05 bits per heavy atom. The molecule has 0 radical (unpaired) electrons. The van der Waals surface area contributed by atoms with Crippen LogP contribution in [0.25, 0.3) is 0 Å². The largest absolute Gasteiger partial charge is 0.444 e. The third-order valence-corrected chi connectivity index (χ3v) is 2.72. The minimum atomic E-state index is -0.475. The number of nitrogen functional groups attached to an aromatic ring is 1. The summed E-state index contributed by atoms with van der Waals surface area (Å²) in [7, 11) is 0. The van der Waals surface area contributed by atoms with Crippen LogP contribution >= 0.6 is 11.6 Å². The molecule has 1 rings (SSSR count). The molecule has 5 nitrogen and oxygen atoms in total. The molecule has 0 heterocycles. The molecule has 0 aromatic heterocycles. The molecule has 1 amide bonds. The van der Waals surface area contributed by atoms with Gasteiger partial charge in [-0.25, -0.2) is 4.79 Å². The average molecular weight is 300 g/mol. The first-order valence-electron chi connectivity index (χ1n) is 6.54. The molecule has 112 valence electrons. The lowest BCUT2D eigenvalue weighted by Gasteiger charge is -2.19. The Morgan fingerprint density at radius 1 is 1.35 bits per heavy atom. The number of benzene rings is 1. The summed E-state index contributed by atoms with van der Waals surface area (Å²) in [5.74, 6) is 0. The number of carbonyl (C=O) groups is 1. The van der Waals surface area contributed by atoms with Gasteiger partial charge in [0.15, 0.2) is 0 Å². The number of alkyl carbamates (subject to hydrolysis) is 1. The van der Waals surface area contributed by atoms with Gasteiger partial charge in [-0.05, 0) is 39.3 Å². The van der Waals surface area contributed by atoms with Crippen molar-refractivity contribution >= 4 is 29.1 Å². The highest BCUT2D eigenvalue weighted by Crippen LogP contribution is 2.26. The van der Waals surface area contributed by atoms with Gasteiger partial charge in [0.05, 0.1) is 16.4 Å². The van der Waals surface area contributed by atoms with Gasteiger partial charge in [0.2, 0.25) is 0 Å². The van der Waals surface area contributed by atoms with Gasteiger partial charge in [0.1, 0.15) is 5.60 Å². The van der Waals surface area contributed by atoms with E-state index in [0.717, 1.165) is 12.1 Å². The molecule has 1 aromatic carbocycles. The number of para-hydroxylation sites is 1. The number of rotatable bonds is 5. The Labute approximate surface area is 124 Å². The van der Waals surface area contributed by atoms with Crippen molar-refractivity contribution in [3.63, 3.8) is 0 Å². The maximum absolute atomic E-state index is 11.4. The van der Waals surface area contributed by atoms with E-state index in [1.54, 1.807) is 6.07 Å². The van der Waals surface area contributed by atoms with E-state index in [0.29, 0.717) is 23.8 Å². The highest BCUT2D eigenvalue weighted by molar-refractivity contribution is 6.33. The molecule has 0 unspecified atom stereocenters. The van der Waals surface area contributed by atoms with E-state index in [-0.39, 0.29) is 0 Å². The molecular formula is C14H22ClN3O2. The molecule has 0 saturated heterocycles. The van der Waals surface area contributed by atoms with Gasteiger partial charge in [-0.3, -0.25) is 0 Å². The smallest absolute Gasteiger partial charge is 0.407 e. The second kappa shape index (κ2) is 7.24. The fourth-order valence-corrected chi connectivity index (χ4v) is 1.68. The normalized spacial score (nSPS) is 11.0. The number of hydrogen-bond acceptors (Lipinski definition) is 4. The molecule has 0 spiro atoms. The van der Waals surface area contributed by atoms with Gasteiger partial charge in [-0.1, -0.05) is 17.7 Å². The summed E-state index contributed by atoms with van der Waals surface area (Å²) < 4.78 is 5.13. The Hall–Kier alpha value is -1.62. The van der Waals surface area contributed by atoms with E-state index < -0.39 is 11.7 Å². The van der Waals surface area contributed by atoms with Gasteiger partial charge < -0.3 is 21.1 Å². The lowest BCUT2D eigenvalue weighted by atomic mass is 10.2. The van der Waals surface area contributed by atoms with Crippen LogP contribution in [0.2, 0.25) is 5.02 Å². The minimum Gasteiger partial charge on any atom is -0.444 e. The number of nitrogens with one attached hydrogen (secondary N) is 2. The van der Waals surface area contributed by atoms with E-state index in [4.69, 9.17) is 22.1 Å². The quantitative estimate of drug-likeness (QED) is 0.576. The Morgan fingerprint density at radius 3 is 2.70 bits per heavy atom. The fraction of sp³-hybridized carbons (Fsp3) is 0.500. The summed E-state index contributed by atoms with van der Waals surface area (Å²) in [5, 5.41) is 6.40. The van der Waals surface area contributed by atoms with Crippen LogP contribution in [-0.4, -0.2) is 24.8 Å². The molecular weight excluding hydrogens is 278 g/mol. The van der Waals surface area contributed by atoms with Crippen LogP contribution in [0.4, 0.5) is 16.2 Å². The van der Waals surface area contributed by atoms with E-state index in [2.05, 4.69) is 10.6 Å². The molecule has 0 aliphatic rings. The van der Waals surface area contributed by atoms with Gasteiger partial charge in [-0.2, -0.15) is 0 Å². The van der Waals surface area contributed by atoms with Crippen molar-refractivity contribution in [2.45, 2.75) is 32.8 Å². The minimum absolute atomic E-state index is 0.403. The standard InChI is InChI=1S/C14H22ClN3O2/c1-14(2,3)20-13(19)18-9-5-8-17-11-7-4-6-10(15)12(11)16/h4,6-7,17H,5,8-9,16H2,1-3H3,(H,18,19). The van der Waals surface area contributed by atoms with Gasteiger partial charge >= 0.3 is 6.09 Å². The Bertz CT molecular complexity index is 458. The summed E-state index contributed by atoms with van der Waals surface area (Å²) in [4.78, 5) is 11.4. The van der Waals surface area contributed by atoms with Crippen molar-refractivity contribution in [3.8, 4) is 0 Å². The number of ether oxygens (including phenoxy) is 1. The van der Waals surface area contributed by atoms with Crippen LogP contribution in [0, 0.1) is 0 Å². The third kappa shape index (κ3) is 6.02. The lowest BCUT2D eigenvalue weighted by Crippen LogP contribution is -2.33. The predicted molar refractivity (Wildman–Crippen MR) is 83.2 cm³/mol. The molecule has 0 atom stereocenters. The number of anilines is 2. The Balaban J connectivity index is 2.23. The fourth-order valence-electron chi connectivity index (χ4n) is 1.51. The monoisotopic (exact) mass is 299 g/mol. The van der Waals surface area contributed by atoms with Gasteiger partial charge in [0, 0.05) is 13.1 Å². The van der Waals surface area contributed by atoms with E-state index in [1.165, 1.54) is 0 Å². The lowest BCUT2D eigenvalue weighted by molar-refractivity contribution is 0.0528. The van der Waals surface area contributed by atoms with Crippen LogP contribution < -0.4 is 16.4 Å². The van der Waals surface area contributed by atoms with Crippen LogP contribution in [0.3, 0.4) is 0 Å². The highest BCUT2D eigenvalue weighted by Gasteiger charge is 2.15. The molecule has 0 bridgehead atoms. The zero-order valence-electron chi connectivity index (χ0n) is 12.1. The highest BCUT2D eigenvalue weighted by atomic mass is 35.5. The first-order chi connectivity index (χ1) is 9.29. The van der Waals surface area contributed by atoms with Crippen molar-refractivity contribution in [1.29, 1.82) is 0 Å². The summed E-state index contributed by atoms with van der Waals surface area (Å²) in [6, 6.07) is 5.44. The van der Waals surface area contributed by atoms with Crippen molar-refractivity contribution in [2.75, 3.05) is 24.1 Å². The summed E-state index contributed by atoms with van der Waals surface area (Å²) in [6.45, 7) is 6.70. The molecule has 0 fully saturated rings. The molecule has 20 heavy (non-hydrogen) atoms. The van der Waals surface area contributed by atoms with Crippen LogP contribution in [0.15, 0.2) is 18.2 Å². The maximum atomic E-state index is 11.4. The van der Waals surface area contributed by atoms with Crippen LogP contribution in [-0.2, 0) is 4.74 Å². The molecule has 4 N–H and O–H groups in total. The van der Waals surface area contributed by atoms with Crippen LogP contribution in [0.1, 0.15) is 27.2 Å². The van der Waals surface area contributed by atoms with Gasteiger partial charge in [0.25, 0.3) is 0 Å². The summed E-state index contributed by atoms with van der Waals surface area (Å²) in [6.07, 6.45) is 0.352. The first kappa shape index (κ1) is 16.4. The topological polar surface area (TPSA) is 76.4 Å². The van der Waals surface area contributed by atoms with Crippen LogP contribution in [0.5, 0.6) is 0 Å². The third-order valence-electron chi connectivity index (χ3n) is 2.39. The number of carbonyl (C=O) groups excluding carboxylic acids is 1. The summed E-state index contributed by atoms with van der Waals surface area (Å²) in [5.41, 5.74) is 6.69. The van der Waals surface area contributed by atoms with Crippen molar-refractivity contribution in [1.82, 2.24) is 5.32 Å². The molecule has 1 aromatic rings. The SMILES string of the molecule is CC(C)(C)OC(=O)NCCCNc1cccc(Cl)c1N. The zero-order valence-corrected chi connectivity index (χ0v) is 12.9. The second-order valence-corrected chi connectivity index (χ2v) is 5.82. The molecule has 0 saturated carbocycles. The van der Waals surface area contributed by atoms with E-state index in [1.807, 2.05) is 32.9 Å². The van der Waals surface area contributed by atoms with E-state index in [9.17, 15) is 4.79 Å². The number of amides is 1. The van der Waals surface area contributed by atoms with Crippen molar-refractivity contribution < 1.29 is 9.53 Å². The number of hydrogen-bond donors (Lipinski definition) is 3. The molecule has 0 aliphatic heterocycles. The second-order valence-electron chi connectivity index (χ2n) is 5.41. The van der Waals surface area contributed by atoms with Gasteiger partial charge in [-0.15, -0.1) is 0 Å². The predicted octanol–water partition coefficient (Wildman–Crippen LogP) is 3.25. The van der Waals surface area contributed by atoms with Crippen molar-refractivity contribution in [2.24, 2.45) is 0 Å². The molecule has 0 aliphatic carbocycles. The number of nitrogens with two attached hydrogens (primary N) is 1. The number of halogens is 1. The van der Waals surface area contributed by atoms with Crippen molar-refractivity contribution in [3.05, 3.63) is 23.2 Å². The first-order valence-corrected chi connectivity index (χ1v) is 6.92. The zero-order chi connectivity index (χ0) is 15.2. The maximum Gasteiger partial charge on any atom is 0.407 e. The summed E-state index contributed by atoms with van der Waals surface area (Å²) >= 11 is 5.92. The average Bonchev–Trinajstić information content (AvgIpc) is 2.31. The Kier molecular flexibility index (Phi) is 5.95. The van der Waals surface area contributed by atoms with E-state index >= 15 is 0 Å².